The molecule has 3 rings (SSSR count). The number of imide groups is 1. The summed E-state index contributed by atoms with van der Waals surface area (Å²) in [5.74, 6) is -1.39. The number of hydrogen-bond donors (Lipinski definition) is 1. The highest BCUT2D eigenvalue weighted by molar-refractivity contribution is 7.09. The summed E-state index contributed by atoms with van der Waals surface area (Å²) in [6.45, 7) is 0.378. The molecule has 0 spiro atoms. The molecule has 1 N–H and O–H groups in total. The molecule has 0 radical (unpaired) electrons. The van der Waals surface area contributed by atoms with Crippen molar-refractivity contribution in [2.24, 2.45) is 5.92 Å². The number of aliphatic hydroxyl groups excluding tert-OH is 1. The lowest BCUT2D eigenvalue weighted by molar-refractivity contribution is -0.141. The molecule has 2 aromatic rings. The van der Waals surface area contributed by atoms with Crippen LogP contribution in [0.15, 0.2) is 41.8 Å². The van der Waals surface area contributed by atoms with Crippen molar-refractivity contribution < 1.29 is 23.8 Å². The number of hydrogen-bond acceptors (Lipinski definition) is 5. The van der Waals surface area contributed by atoms with Gasteiger partial charge in [0.15, 0.2) is 0 Å². The second-order valence-electron chi connectivity index (χ2n) is 6.32. The van der Waals surface area contributed by atoms with Crippen molar-refractivity contribution in [3.63, 3.8) is 0 Å². The third kappa shape index (κ3) is 4.75. The van der Waals surface area contributed by atoms with Crippen molar-refractivity contribution in [1.29, 1.82) is 0 Å². The third-order valence-electron chi connectivity index (χ3n) is 4.26. The molecule has 1 aliphatic rings. The Morgan fingerprint density at radius 2 is 2.04 bits per heavy atom. The first-order valence-electron chi connectivity index (χ1n) is 8.40. The van der Waals surface area contributed by atoms with Gasteiger partial charge in [-0.15, -0.1) is 11.3 Å². The number of β-amino-alcohol motifs (C(OH)–C–C–N with tert-alkyl or cyclic N) is 1. The van der Waals surface area contributed by atoms with Crippen LogP contribution in [0.5, 0.6) is 0 Å². The minimum absolute atomic E-state index is 0.0532. The molecule has 2 atom stereocenters. The zero-order chi connectivity index (χ0) is 18.5. The first-order valence-corrected chi connectivity index (χ1v) is 9.27. The quantitative estimate of drug-likeness (QED) is 0.718. The van der Waals surface area contributed by atoms with Crippen LogP contribution in [0.25, 0.3) is 0 Å². The summed E-state index contributed by atoms with van der Waals surface area (Å²) in [4.78, 5) is 26.7. The third-order valence-corrected chi connectivity index (χ3v) is 5.11. The van der Waals surface area contributed by atoms with Crippen LogP contribution in [0, 0.1) is 11.7 Å². The van der Waals surface area contributed by atoms with E-state index in [0.717, 1.165) is 15.3 Å². The van der Waals surface area contributed by atoms with Crippen molar-refractivity contribution in [1.82, 2.24) is 4.90 Å². The number of aliphatic hydroxyl groups is 1. The van der Waals surface area contributed by atoms with E-state index in [1.165, 1.54) is 12.1 Å². The molecule has 2 unspecified atom stereocenters. The Morgan fingerprint density at radius 1 is 1.27 bits per heavy atom. The molecule has 0 saturated carbocycles. The lowest BCUT2D eigenvalue weighted by Gasteiger charge is -2.19. The van der Waals surface area contributed by atoms with Gasteiger partial charge in [0.1, 0.15) is 5.82 Å². The van der Waals surface area contributed by atoms with Gasteiger partial charge in [-0.25, -0.2) is 4.39 Å². The van der Waals surface area contributed by atoms with Crippen LogP contribution in [0.3, 0.4) is 0 Å². The predicted molar refractivity (Wildman–Crippen MR) is 94.9 cm³/mol. The second kappa shape index (κ2) is 8.53. The van der Waals surface area contributed by atoms with Crippen LogP contribution >= 0.6 is 11.3 Å². The Hall–Kier alpha value is -2.09. The highest BCUT2D eigenvalue weighted by Crippen LogP contribution is 2.24. The number of carbonyl (C=O) groups excluding carboxylic acids is 2. The number of carbonyl (C=O) groups is 2. The van der Waals surface area contributed by atoms with Gasteiger partial charge in [0, 0.05) is 11.3 Å². The highest BCUT2D eigenvalue weighted by atomic mass is 32.1. The summed E-state index contributed by atoms with van der Waals surface area (Å²) in [5.41, 5.74) is 0.805. The van der Waals surface area contributed by atoms with E-state index in [1.807, 2.05) is 17.5 Å². The second-order valence-corrected chi connectivity index (χ2v) is 7.35. The molecule has 1 fully saturated rings. The van der Waals surface area contributed by atoms with Gasteiger partial charge in [-0.1, -0.05) is 18.2 Å². The van der Waals surface area contributed by atoms with Crippen LogP contribution in [-0.2, 0) is 27.4 Å². The minimum Gasteiger partial charge on any atom is -0.389 e. The summed E-state index contributed by atoms with van der Waals surface area (Å²) in [6.07, 6.45) is -0.432. The summed E-state index contributed by atoms with van der Waals surface area (Å²) in [6, 6.07) is 9.76. The standard InChI is InChI=1S/C19H20FNO4S/c20-15-5-3-13(4-6-15)8-14-9-18(23)21(19(14)24)10-16(22)11-25-12-17-2-1-7-26-17/h1-7,14,16,22H,8-12H2. The molecule has 0 aliphatic carbocycles. The maximum atomic E-state index is 13.0. The number of rotatable bonds is 8. The normalized spacial score (nSPS) is 18.5. The Kier molecular flexibility index (Phi) is 6.13. The summed E-state index contributed by atoms with van der Waals surface area (Å²) in [7, 11) is 0. The molecule has 2 amide bonds. The molecule has 1 aromatic heterocycles. The SMILES string of the molecule is O=C1CC(Cc2ccc(F)cc2)C(=O)N1CC(O)COCc1cccs1. The number of ether oxygens (including phenoxy) is 1. The number of halogens is 1. The van der Waals surface area contributed by atoms with E-state index < -0.39 is 12.0 Å². The lowest BCUT2D eigenvalue weighted by atomic mass is 9.98. The van der Waals surface area contributed by atoms with E-state index in [2.05, 4.69) is 0 Å². The number of thiophene rings is 1. The van der Waals surface area contributed by atoms with Crippen LogP contribution in [0.1, 0.15) is 16.9 Å². The van der Waals surface area contributed by atoms with Crippen molar-refractivity contribution in [2.75, 3.05) is 13.2 Å². The van der Waals surface area contributed by atoms with Gasteiger partial charge in [0.2, 0.25) is 11.8 Å². The van der Waals surface area contributed by atoms with E-state index in [0.29, 0.717) is 13.0 Å². The van der Waals surface area contributed by atoms with E-state index in [4.69, 9.17) is 4.74 Å². The smallest absolute Gasteiger partial charge is 0.233 e. The van der Waals surface area contributed by atoms with E-state index in [1.54, 1.807) is 23.5 Å². The lowest BCUT2D eigenvalue weighted by Crippen LogP contribution is -2.39. The summed E-state index contributed by atoms with van der Waals surface area (Å²) in [5, 5.41) is 12.0. The molecule has 2 heterocycles. The maximum Gasteiger partial charge on any atom is 0.233 e. The van der Waals surface area contributed by atoms with Crippen LogP contribution in [-0.4, -0.2) is 41.1 Å². The molecule has 1 aromatic carbocycles. The van der Waals surface area contributed by atoms with Gasteiger partial charge in [-0.05, 0) is 35.6 Å². The van der Waals surface area contributed by atoms with Gasteiger partial charge < -0.3 is 9.84 Å². The molecule has 5 nitrogen and oxygen atoms in total. The van der Waals surface area contributed by atoms with Gasteiger partial charge in [0.05, 0.1) is 31.8 Å². The highest BCUT2D eigenvalue weighted by Gasteiger charge is 2.39. The zero-order valence-corrected chi connectivity index (χ0v) is 15.0. The summed E-state index contributed by atoms with van der Waals surface area (Å²) < 4.78 is 18.4. The number of benzene rings is 1. The number of nitrogens with zero attached hydrogens (tertiary/aromatic N) is 1. The van der Waals surface area contributed by atoms with Crippen LogP contribution in [0.2, 0.25) is 0 Å². The van der Waals surface area contributed by atoms with Gasteiger partial charge in [-0.3, -0.25) is 14.5 Å². The Morgan fingerprint density at radius 3 is 2.73 bits per heavy atom. The fourth-order valence-corrected chi connectivity index (χ4v) is 3.60. The molecule has 138 valence electrons. The fourth-order valence-electron chi connectivity index (χ4n) is 2.96. The molecule has 0 bridgehead atoms. The molecule has 1 aliphatic heterocycles. The van der Waals surface area contributed by atoms with Crippen molar-refractivity contribution in [3.8, 4) is 0 Å². The van der Waals surface area contributed by atoms with Crippen LogP contribution in [0.4, 0.5) is 4.39 Å². The van der Waals surface area contributed by atoms with Crippen LogP contribution < -0.4 is 0 Å². The molecule has 1 saturated heterocycles. The fraction of sp³-hybridized carbons (Fsp3) is 0.368. The topological polar surface area (TPSA) is 66.8 Å². The Bertz CT molecular complexity index is 747. The Balaban J connectivity index is 1.49. The van der Waals surface area contributed by atoms with Crippen molar-refractivity contribution in [2.45, 2.75) is 25.6 Å². The summed E-state index contributed by atoms with van der Waals surface area (Å²) >= 11 is 1.56. The number of amides is 2. The molecular formula is C19H20FNO4S. The number of likely N-dealkylation sites (tertiary alicyclic amines) is 1. The van der Waals surface area contributed by atoms with Crippen molar-refractivity contribution >= 4 is 23.2 Å². The molecule has 26 heavy (non-hydrogen) atoms. The van der Waals surface area contributed by atoms with E-state index >= 15 is 0 Å². The largest absolute Gasteiger partial charge is 0.389 e. The van der Waals surface area contributed by atoms with E-state index in [-0.39, 0.29) is 37.2 Å². The average Bonchev–Trinajstić information content (AvgIpc) is 3.21. The van der Waals surface area contributed by atoms with Gasteiger partial charge in [0.25, 0.3) is 0 Å². The molecule has 7 heteroatoms. The molecular weight excluding hydrogens is 357 g/mol. The zero-order valence-electron chi connectivity index (χ0n) is 14.1. The average molecular weight is 377 g/mol. The van der Waals surface area contributed by atoms with Gasteiger partial charge >= 0.3 is 0 Å². The predicted octanol–water partition coefficient (Wildman–Crippen LogP) is 2.38. The van der Waals surface area contributed by atoms with Crippen molar-refractivity contribution in [3.05, 3.63) is 58.0 Å². The maximum absolute atomic E-state index is 13.0. The van der Waals surface area contributed by atoms with Gasteiger partial charge in [-0.2, -0.15) is 0 Å². The first-order chi connectivity index (χ1) is 12.5. The first kappa shape index (κ1) is 18.7. The Labute approximate surface area is 155 Å². The van der Waals surface area contributed by atoms with E-state index in [9.17, 15) is 19.1 Å². The monoisotopic (exact) mass is 377 g/mol. The minimum atomic E-state index is -0.924.